The molecule has 10 N–H and O–H groups in total. The van der Waals surface area contributed by atoms with Crippen molar-refractivity contribution in [2.45, 2.75) is 27.7 Å². The second kappa shape index (κ2) is 32.6. The van der Waals surface area contributed by atoms with Crippen molar-refractivity contribution in [1.82, 2.24) is 19.9 Å². The van der Waals surface area contributed by atoms with Crippen molar-refractivity contribution < 1.29 is 67.5 Å². The number of aromatic carboxylic acids is 1. The summed E-state index contributed by atoms with van der Waals surface area (Å²) in [5, 5.41) is 45.1. The number of nitrogen functional groups attached to an aromatic ring is 1. The number of benzene rings is 5. The van der Waals surface area contributed by atoms with Crippen LogP contribution in [0.2, 0.25) is 5.15 Å². The van der Waals surface area contributed by atoms with E-state index in [1.54, 1.807) is 60.1 Å². The number of halogens is 2. The zero-order chi connectivity index (χ0) is 66.6. The Morgan fingerprint density at radius 1 is 0.517 bits per heavy atom. The third-order valence-electron chi connectivity index (χ3n) is 12.0. The summed E-state index contributed by atoms with van der Waals surface area (Å²) in [6, 6.07) is 20.4. The second-order valence-corrected chi connectivity index (χ2v) is 20.5. The molecule has 3 amide bonds. The van der Waals surface area contributed by atoms with Crippen molar-refractivity contribution >= 4 is 129 Å². The Morgan fingerprint density at radius 3 is 1.29 bits per heavy atom. The summed E-state index contributed by atoms with van der Waals surface area (Å²) in [5.74, 6) is -1.12. The van der Waals surface area contributed by atoms with E-state index in [4.69, 9.17) is 74.9 Å². The number of hydrogen-bond acceptors (Lipinski definition) is 24. The van der Waals surface area contributed by atoms with Gasteiger partial charge >= 0.3 is 23.0 Å². The molecule has 0 saturated heterocycles. The Hall–Kier alpha value is -10.9. The summed E-state index contributed by atoms with van der Waals surface area (Å²) in [5.41, 5.74) is 24.8. The number of nitro groups is 3. The molecule has 9 rings (SSSR count). The summed E-state index contributed by atoms with van der Waals surface area (Å²) < 4.78 is 24.4. The van der Waals surface area contributed by atoms with Gasteiger partial charge in [0.05, 0.1) is 78.0 Å². The van der Waals surface area contributed by atoms with Crippen molar-refractivity contribution in [3.8, 4) is 28.7 Å². The number of nitro benzene ring substituents is 3. The van der Waals surface area contributed by atoms with Gasteiger partial charge in [-0.25, -0.2) is 24.7 Å². The molecule has 4 aromatic heterocycles. The number of carbonyl (C=O) groups is 5. The number of aromatic nitrogens is 4. The van der Waals surface area contributed by atoms with E-state index >= 15 is 0 Å². The summed E-state index contributed by atoms with van der Waals surface area (Å²) in [6.45, 7) is 8.23. The maximum atomic E-state index is 11.3. The van der Waals surface area contributed by atoms with Crippen molar-refractivity contribution in [2.24, 2.45) is 17.2 Å². The van der Waals surface area contributed by atoms with Crippen LogP contribution in [0.4, 0.5) is 34.3 Å². The molecule has 29 nitrogen and oxygen atoms in total. The molecule has 9 aromatic rings. The van der Waals surface area contributed by atoms with E-state index in [-0.39, 0.29) is 51.0 Å². The first-order valence-electron chi connectivity index (χ1n) is 24.8. The molecule has 0 fully saturated rings. The summed E-state index contributed by atoms with van der Waals surface area (Å²) in [6.07, 6.45) is 3.03. The van der Waals surface area contributed by atoms with Crippen molar-refractivity contribution in [1.29, 1.82) is 0 Å². The van der Waals surface area contributed by atoms with Crippen LogP contribution in [0, 0.1) is 58.0 Å². The quantitative estimate of drug-likeness (QED) is 0.0182. The van der Waals surface area contributed by atoms with Crippen LogP contribution in [0.5, 0.6) is 28.7 Å². The van der Waals surface area contributed by atoms with E-state index < -0.39 is 43.7 Å². The molecule has 466 valence electrons. The zero-order valence-electron chi connectivity index (χ0n) is 48.3. The molecule has 0 atom stereocenters. The van der Waals surface area contributed by atoms with Gasteiger partial charge in [0.15, 0.2) is 17.2 Å². The first-order chi connectivity index (χ1) is 42.0. The zero-order valence-corrected chi connectivity index (χ0v) is 51.5. The van der Waals surface area contributed by atoms with Gasteiger partial charge in [-0.2, -0.15) is 0 Å². The highest BCUT2D eigenvalue weighted by atomic mass is 35.5. The third kappa shape index (κ3) is 18.8. The van der Waals surface area contributed by atoms with Gasteiger partial charge < -0.3 is 57.0 Å². The Morgan fingerprint density at radius 2 is 0.876 bits per heavy atom. The van der Waals surface area contributed by atoms with Gasteiger partial charge in [0.1, 0.15) is 44.8 Å². The number of rotatable bonds is 15. The average molecular weight is 1300 g/mol. The number of primary amides is 3. The van der Waals surface area contributed by atoms with Gasteiger partial charge in [0.2, 0.25) is 17.7 Å². The minimum absolute atomic E-state index is 0.0153. The molecule has 0 aliphatic rings. The Labute approximate surface area is 522 Å². The lowest BCUT2D eigenvalue weighted by Gasteiger charge is -2.12. The van der Waals surface area contributed by atoms with Crippen LogP contribution in [0.1, 0.15) is 72.7 Å². The number of aryl methyl sites for hydroxylation is 4. The third-order valence-corrected chi connectivity index (χ3v) is 14.8. The second-order valence-electron chi connectivity index (χ2n) is 17.4. The maximum Gasteiger partial charge on any atom is 0.335 e. The average Bonchev–Trinajstić information content (AvgIpc) is 1.84. The number of carbonyl (C=O) groups excluding carboxylic acids is 4. The smallest absolute Gasteiger partial charge is 0.335 e. The molecule has 5 aromatic carbocycles. The van der Waals surface area contributed by atoms with Gasteiger partial charge in [-0.3, -0.25) is 49.5 Å². The summed E-state index contributed by atoms with van der Waals surface area (Å²) in [4.78, 5) is 105. The lowest BCUT2D eigenvalue weighted by Crippen LogP contribution is -2.11. The molecule has 0 saturated carbocycles. The molecule has 33 heteroatoms. The number of nitrogens with one attached hydrogen (secondary N) is 1. The minimum Gasteiger partial charge on any atom is -0.495 e. The van der Waals surface area contributed by atoms with Gasteiger partial charge in [-0.15, -0.1) is 22.7 Å². The van der Waals surface area contributed by atoms with Crippen LogP contribution in [-0.4, -0.2) is 104 Å². The molecule has 0 aliphatic carbocycles. The Kier molecular flexibility index (Phi) is 25.8. The standard InChI is InChI=1S/C16H16N4O2S.C8H7ClN2S.C8H6ClNO4.C8H8N2O4.C8H10N2O2.C8H7NO5/c1-8-9(2)23-16-13(8)15(18-7-19-16)20-11-5-4-10(14(17)21)6-12(11)22-3;1-4-5(2)12-8-6(4)7(9)10-3-11-8;2*1-14-7-4-5(8(9)11)2-3-6(7)10(12)13;1-12-7-4-5(8(10)11)2-3-6(7)9;1-14-7-4-5(8(10)11)2-3-6(7)9(12)13/h4-7H,1-3H3,(H2,17,21)(H,18,19,20);3H,1-2H3;2-4H,1H3;2-4H,1H3,(H2,9,11);2-4H,9H2,1H3,(H2,10,11);2-4H,1H3,(H,10,11). The number of nitrogens with zero attached hydrogens (tertiary/aromatic N) is 7. The number of methoxy groups -OCH3 is 5. The van der Waals surface area contributed by atoms with Crippen molar-refractivity contribution in [3.63, 3.8) is 0 Å². The van der Waals surface area contributed by atoms with Crippen LogP contribution < -0.4 is 51.9 Å². The minimum atomic E-state index is -1.15. The summed E-state index contributed by atoms with van der Waals surface area (Å²) in [7, 11) is 6.84. The first-order valence-corrected chi connectivity index (χ1v) is 27.2. The predicted molar refractivity (Wildman–Crippen MR) is 334 cm³/mol. The molecule has 0 unspecified atom stereocenters. The number of carboxylic acids is 1. The number of anilines is 3. The van der Waals surface area contributed by atoms with Crippen molar-refractivity contribution in [2.75, 3.05) is 46.6 Å². The Bertz CT molecular complexity index is 3970. The fourth-order valence-electron chi connectivity index (χ4n) is 7.25. The van der Waals surface area contributed by atoms with Crippen LogP contribution in [-0.2, 0) is 0 Å². The van der Waals surface area contributed by atoms with E-state index in [9.17, 15) is 54.3 Å². The number of nitrogens with two attached hydrogens (primary N) is 4. The Balaban J connectivity index is 0.000000232. The lowest BCUT2D eigenvalue weighted by molar-refractivity contribution is -0.385. The highest BCUT2D eigenvalue weighted by molar-refractivity contribution is 7.19. The molecular formula is C56H54Cl2N12O17S2. The number of fused-ring (bicyclic) bond motifs is 2. The van der Waals surface area contributed by atoms with Crippen LogP contribution in [0.15, 0.2) is 104 Å². The highest BCUT2D eigenvalue weighted by Crippen LogP contribution is 2.37. The molecule has 0 spiro atoms. The van der Waals surface area contributed by atoms with Crippen LogP contribution >= 0.6 is 45.9 Å². The fourth-order valence-corrected chi connectivity index (χ4v) is 9.69. The van der Waals surface area contributed by atoms with Gasteiger partial charge in [0.25, 0.3) is 5.24 Å². The highest BCUT2D eigenvalue weighted by Gasteiger charge is 2.20. The fraction of sp³-hybridized carbons (Fsp3) is 0.161. The van der Waals surface area contributed by atoms with Gasteiger partial charge in [-0.1, -0.05) is 11.6 Å². The van der Waals surface area contributed by atoms with Crippen LogP contribution in [0.3, 0.4) is 0 Å². The number of carboxylic acid groups (broad SMARTS) is 1. The molecule has 0 radical (unpaired) electrons. The van der Waals surface area contributed by atoms with Gasteiger partial charge in [0, 0.05) is 62.3 Å². The molecule has 0 aliphatic heterocycles. The number of amides is 3. The van der Waals surface area contributed by atoms with Gasteiger partial charge in [-0.05, 0) is 111 Å². The number of thiophene rings is 2. The predicted octanol–water partition coefficient (Wildman–Crippen LogP) is 10.5. The van der Waals surface area contributed by atoms with Crippen molar-refractivity contribution in [3.05, 3.63) is 188 Å². The van der Waals surface area contributed by atoms with E-state index in [2.05, 4.69) is 46.0 Å². The molecule has 4 heterocycles. The summed E-state index contributed by atoms with van der Waals surface area (Å²) >= 11 is 14.4. The van der Waals surface area contributed by atoms with E-state index in [1.807, 2.05) is 6.92 Å². The molecular weight excluding hydrogens is 1250 g/mol. The van der Waals surface area contributed by atoms with E-state index in [0.29, 0.717) is 45.0 Å². The largest absolute Gasteiger partial charge is 0.495 e. The molecule has 89 heavy (non-hydrogen) atoms. The van der Waals surface area contributed by atoms with E-state index in [0.717, 1.165) is 44.2 Å². The monoisotopic (exact) mass is 1300 g/mol. The number of ether oxygens (including phenoxy) is 5. The SMILES string of the molecule is COc1cc(C(=O)Cl)ccc1[N+](=O)[O-].COc1cc(C(=O)O)ccc1[N+](=O)[O-].COc1cc(C(N)=O)ccc1N.COc1cc(C(N)=O)ccc1Nc1ncnc2sc(C)c(C)c12.COc1cc(C(N)=O)ccc1[N+](=O)[O-].Cc1sc2ncnc(Cl)c2c1C. The van der Waals surface area contributed by atoms with Crippen LogP contribution in [0.25, 0.3) is 20.4 Å². The first kappa shape index (κ1) is 70.6. The lowest BCUT2D eigenvalue weighted by atomic mass is 10.1. The van der Waals surface area contributed by atoms with E-state index in [1.165, 1.54) is 98.9 Å². The topological polar surface area (TPSA) is 449 Å². The normalized spacial score (nSPS) is 10.0. The number of hydrogen-bond donors (Lipinski definition) is 6. The molecule has 0 bridgehead atoms. The maximum absolute atomic E-state index is 11.3.